The monoisotopic (exact) mass is 341 g/mol. The average molecular weight is 341 g/mol. The number of rotatable bonds is 9. The summed E-state index contributed by atoms with van der Waals surface area (Å²) in [7, 11) is 1.43. The van der Waals surface area contributed by atoms with E-state index in [1.165, 1.54) is 25.3 Å². The Kier molecular flexibility index (Phi) is 7.16. The highest BCUT2D eigenvalue weighted by Gasteiger charge is 2.46. The third-order valence-electron chi connectivity index (χ3n) is 3.80. The third kappa shape index (κ3) is 4.21. The molecule has 24 heavy (non-hydrogen) atoms. The van der Waals surface area contributed by atoms with Crippen LogP contribution in [0.15, 0.2) is 18.2 Å². The fourth-order valence-electron chi connectivity index (χ4n) is 2.16. The molecule has 0 atom stereocenters. The third-order valence-corrected chi connectivity index (χ3v) is 3.80. The van der Waals surface area contributed by atoms with Crippen molar-refractivity contribution in [2.75, 3.05) is 7.11 Å². The Bertz CT molecular complexity index is 600. The van der Waals surface area contributed by atoms with Crippen LogP contribution in [0.2, 0.25) is 0 Å². The van der Waals surface area contributed by atoms with Crippen molar-refractivity contribution in [3.63, 3.8) is 0 Å². The molecule has 0 unspecified atom stereocenters. The van der Waals surface area contributed by atoms with Crippen LogP contribution in [-0.2, 0) is 30.6 Å². The number of halogens is 1. The number of hydrogen-bond acceptors (Lipinski definition) is 6. The minimum absolute atomic E-state index is 0.0995. The van der Waals surface area contributed by atoms with Crippen molar-refractivity contribution in [2.24, 2.45) is 5.41 Å². The van der Waals surface area contributed by atoms with E-state index in [0.29, 0.717) is 5.75 Å². The standard InChI is InChI=1S/C16H20FNO6/c1-4-16(5-2,15(21)24-18-10-19)14(20)23-9-11-8-12(22-3)6-7-13(11)17/h6-8,10H,4-5,9H2,1-3H3,(H,18,19). The highest BCUT2D eigenvalue weighted by molar-refractivity contribution is 6.00. The molecule has 0 aliphatic rings. The van der Waals surface area contributed by atoms with Crippen molar-refractivity contribution < 1.29 is 33.1 Å². The second-order valence-corrected chi connectivity index (χ2v) is 4.95. The molecule has 0 spiro atoms. The molecular formula is C16H20FNO6. The van der Waals surface area contributed by atoms with Gasteiger partial charge in [0, 0.05) is 5.56 Å². The number of nitrogens with one attached hydrogen (secondary N) is 1. The first kappa shape index (κ1) is 19.4. The summed E-state index contributed by atoms with van der Waals surface area (Å²) in [5, 5.41) is 0. The summed E-state index contributed by atoms with van der Waals surface area (Å²) in [6.45, 7) is 2.86. The van der Waals surface area contributed by atoms with Gasteiger partial charge in [0.1, 0.15) is 18.2 Å². The van der Waals surface area contributed by atoms with E-state index in [1.54, 1.807) is 19.3 Å². The number of carbonyl (C=O) groups is 3. The summed E-state index contributed by atoms with van der Waals surface area (Å²) < 4.78 is 23.8. The van der Waals surface area contributed by atoms with Crippen molar-refractivity contribution in [2.45, 2.75) is 33.3 Å². The molecule has 0 saturated heterocycles. The van der Waals surface area contributed by atoms with Gasteiger partial charge in [-0.1, -0.05) is 13.8 Å². The van der Waals surface area contributed by atoms with E-state index < -0.39 is 23.2 Å². The maximum absolute atomic E-state index is 13.8. The number of benzene rings is 1. The largest absolute Gasteiger partial charge is 0.497 e. The zero-order valence-electron chi connectivity index (χ0n) is 13.8. The van der Waals surface area contributed by atoms with Crippen LogP contribution in [0.4, 0.5) is 4.39 Å². The molecule has 0 bridgehead atoms. The zero-order valence-corrected chi connectivity index (χ0v) is 13.8. The first-order valence-corrected chi connectivity index (χ1v) is 7.35. The van der Waals surface area contributed by atoms with Gasteiger partial charge in [-0.2, -0.15) is 5.48 Å². The van der Waals surface area contributed by atoms with Gasteiger partial charge < -0.3 is 14.3 Å². The lowest BCUT2D eigenvalue weighted by molar-refractivity contribution is -0.179. The molecule has 0 aliphatic heterocycles. The lowest BCUT2D eigenvalue weighted by atomic mass is 9.82. The summed E-state index contributed by atoms with van der Waals surface area (Å²) in [5.74, 6) is -1.94. The maximum Gasteiger partial charge on any atom is 0.349 e. The molecule has 8 heteroatoms. The molecule has 0 saturated carbocycles. The molecule has 1 amide bonds. The average Bonchev–Trinajstić information content (AvgIpc) is 2.60. The lowest BCUT2D eigenvalue weighted by Gasteiger charge is -2.26. The van der Waals surface area contributed by atoms with E-state index in [1.807, 2.05) is 0 Å². The van der Waals surface area contributed by atoms with Gasteiger partial charge >= 0.3 is 11.9 Å². The smallest absolute Gasteiger partial charge is 0.349 e. The number of methoxy groups -OCH3 is 1. The van der Waals surface area contributed by atoms with Gasteiger partial charge in [-0.05, 0) is 31.0 Å². The van der Waals surface area contributed by atoms with E-state index in [-0.39, 0.29) is 31.4 Å². The second kappa shape index (κ2) is 8.85. The Morgan fingerprint density at radius 2 is 1.92 bits per heavy atom. The van der Waals surface area contributed by atoms with Crippen LogP contribution >= 0.6 is 0 Å². The highest BCUT2D eigenvalue weighted by atomic mass is 19.1. The summed E-state index contributed by atoms with van der Waals surface area (Å²) in [6, 6.07) is 4.02. The Morgan fingerprint density at radius 3 is 2.46 bits per heavy atom. The summed E-state index contributed by atoms with van der Waals surface area (Å²) in [5.41, 5.74) is 0.296. The van der Waals surface area contributed by atoms with Crippen molar-refractivity contribution >= 4 is 18.3 Å². The van der Waals surface area contributed by atoms with Gasteiger partial charge in [0.2, 0.25) is 6.41 Å². The van der Waals surface area contributed by atoms with Crippen molar-refractivity contribution in [3.8, 4) is 5.75 Å². The SMILES string of the molecule is CCC(CC)(C(=O)OCc1cc(OC)ccc1F)C(=O)ONC=O. The lowest BCUT2D eigenvalue weighted by Crippen LogP contribution is -2.43. The first-order chi connectivity index (χ1) is 11.4. The van der Waals surface area contributed by atoms with Crippen LogP contribution in [0.3, 0.4) is 0 Å². The second-order valence-electron chi connectivity index (χ2n) is 4.95. The van der Waals surface area contributed by atoms with Gasteiger partial charge in [-0.25, -0.2) is 9.18 Å². The van der Waals surface area contributed by atoms with Gasteiger partial charge in [0.25, 0.3) is 0 Å². The van der Waals surface area contributed by atoms with Crippen LogP contribution < -0.4 is 10.2 Å². The predicted octanol–water partition coefficient (Wildman–Crippen LogP) is 1.89. The normalized spacial score (nSPS) is 10.7. The fourth-order valence-corrected chi connectivity index (χ4v) is 2.16. The maximum atomic E-state index is 13.8. The molecule has 1 N–H and O–H groups in total. The van der Waals surface area contributed by atoms with Gasteiger partial charge in [-0.15, -0.1) is 0 Å². The number of esters is 1. The number of hydrogen-bond donors (Lipinski definition) is 1. The predicted molar refractivity (Wildman–Crippen MR) is 81.1 cm³/mol. The molecule has 0 heterocycles. The van der Waals surface area contributed by atoms with Gasteiger partial charge in [0.05, 0.1) is 7.11 Å². The molecule has 0 aromatic heterocycles. The molecule has 132 valence electrons. The van der Waals surface area contributed by atoms with Crippen LogP contribution in [0, 0.1) is 11.2 Å². The van der Waals surface area contributed by atoms with E-state index in [2.05, 4.69) is 4.84 Å². The minimum Gasteiger partial charge on any atom is -0.497 e. The Morgan fingerprint density at radius 1 is 1.25 bits per heavy atom. The van der Waals surface area contributed by atoms with E-state index >= 15 is 0 Å². The molecule has 7 nitrogen and oxygen atoms in total. The highest BCUT2D eigenvalue weighted by Crippen LogP contribution is 2.30. The van der Waals surface area contributed by atoms with Gasteiger partial charge in [-0.3, -0.25) is 9.59 Å². The molecule has 0 fully saturated rings. The van der Waals surface area contributed by atoms with Crippen molar-refractivity contribution in [3.05, 3.63) is 29.6 Å². The van der Waals surface area contributed by atoms with E-state index in [4.69, 9.17) is 9.47 Å². The van der Waals surface area contributed by atoms with Crippen molar-refractivity contribution in [1.82, 2.24) is 5.48 Å². The molecule has 1 rings (SSSR count). The Labute approximate surface area is 139 Å². The van der Waals surface area contributed by atoms with Crippen molar-refractivity contribution in [1.29, 1.82) is 0 Å². The summed E-state index contributed by atoms with van der Waals surface area (Å²) in [4.78, 5) is 39.2. The zero-order chi connectivity index (χ0) is 18.2. The van der Waals surface area contributed by atoms with E-state index in [0.717, 1.165) is 0 Å². The van der Waals surface area contributed by atoms with Crippen LogP contribution in [0.1, 0.15) is 32.3 Å². The Hall–Kier alpha value is -2.64. The topological polar surface area (TPSA) is 90.9 Å². The molecule has 0 radical (unpaired) electrons. The van der Waals surface area contributed by atoms with E-state index in [9.17, 15) is 18.8 Å². The molecule has 0 aliphatic carbocycles. The Balaban J connectivity index is 2.89. The fraction of sp³-hybridized carbons (Fsp3) is 0.438. The number of carbonyl (C=O) groups excluding carboxylic acids is 3. The molecule has 1 aromatic rings. The first-order valence-electron chi connectivity index (χ1n) is 7.35. The van der Waals surface area contributed by atoms with Crippen LogP contribution in [-0.4, -0.2) is 25.5 Å². The number of ether oxygens (including phenoxy) is 2. The van der Waals surface area contributed by atoms with Crippen LogP contribution in [0.25, 0.3) is 0 Å². The van der Waals surface area contributed by atoms with Gasteiger partial charge in [0.15, 0.2) is 5.41 Å². The quantitative estimate of drug-likeness (QED) is 0.319. The summed E-state index contributed by atoms with van der Waals surface area (Å²) >= 11 is 0. The minimum atomic E-state index is -1.58. The number of hydroxylamine groups is 1. The molecular weight excluding hydrogens is 321 g/mol. The van der Waals surface area contributed by atoms with Crippen LogP contribution in [0.5, 0.6) is 5.75 Å². The summed E-state index contributed by atoms with van der Waals surface area (Å²) in [6.07, 6.45) is 0.371. The number of amides is 1. The molecule has 1 aromatic carbocycles.